The maximum Gasteiger partial charge on any atom is 0.136 e. The molecule has 0 aliphatic carbocycles. The summed E-state index contributed by atoms with van der Waals surface area (Å²) >= 11 is 4.33. The average Bonchev–Trinajstić information content (AvgIpc) is 2.60. The molecule has 0 fully saturated rings. The van der Waals surface area contributed by atoms with E-state index in [1.807, 2.05) is 0 Å². The van der Waals surface area contributed by atoms with E-state index in [-0.39, 0.29) is 8.22 Å². The highest BCUT2D eigenvalue weighted by Crippen LogP contribution is 2.23. The van der Waals surface area contributed by atoms with Crippen LogP contribution in [0.25, 0.3) is 0 Å². The third-order valence-corrected chi connectivity index (χ3v) is 6.82. The van der Waals surface area contributed by atoms with Gasteiger partial charge in [0.15, 0.2) is 0 Å². The van der Waals surface area contributed by atoms with Gasteiger partial charge in [-0.15, -0.1) is 0 Å². The Labute approximate surface area is 183 Å². The van der Waals surface area contributed by atoms with E-state index in [2.05, 4.69) is 59.0 Å². The van der Waals surface area contributed by atoms with Crippen molar-refractivity contribution >= 4 is 45.2 Å². The summed E-state index contributed by atoms with van der Waals surface area (Å²) in [4.78, 5) is 0. The largest absolute Gasteiger partial charge is 0.390 e. The van der Waals surface area contributed by atoms with E-state index in [0.29, 0.717) is 0 Å². The lowest BCUT2D eigenvalue weighted by Gasteiger charge is -2.24. The number of alkyl halides is 2. The van der Waals surface area contributed by atoms with Crippen molar-refractivity contribution in [1.29, 1.82) is 0 Å². The molecule has 0 aliphatic rings. The van der Waals surface area contributed by atoms with Crippen LogP contribution in [0.5, 0.6) is 0 Å². The Morgan fingerprint density at radius 1 is 0.600 bits per heavy atom. The molecule has 5 heteroatoms. The monoisotopic (exact) mass is 582 g/mol. The third-order valence-electron chi connectivity index (χ3n) is 4.57. The molecular weight excluding hydrogens is 542 g/mol. The number of unbranched alkanes of at least 4 members (excludes halogenated alkanes) is 10. The van der Waals surface area contributed by atoms with Crippen LogP contribution in [0.2, 0.25) is 0 Å². The number of halogens is 2. The second-order valence-corrected chi connectivity index (χ2v) is 9.54. The first-order valence-corrected chi connectivity index (χ1v) is 12.8. The lowest BCUT2D eigenvalue weighted by atomic mass is 10.1. The van der Waals surface area contributed by atoms with Gasteiger partial charge in [-0.25, -0.2) is 0 Å². The first kappa shape index (κ1) is 26.3. The Morgan fingerprint density at radius 3 is 1.28 bits per heavy atom. The molecule has 0 saturated heterocycles. The molecule has 0 amide bonds. The van der Waals surface area contributed by atoms with Crippen molar-refractivity contribution in [2.75, 3.05) is 0 Å². The van der Waals surface area contributed by atoms with E-state index in [1.165, 1.54) is 64.2 Å². The molecule has 25 heavy (non-hydrogen) atoms. The lowest BCUT2D eigenvalue weighted by molar-refractivity contribution is -0.0318. The third kappa shape index (κ3) is 16.0. The van der Waals surface area contributed by atoms with Gasteiger partial charge in [-0.2, -0.15) is 0 Å². The van der Waals surface area contributed by atoms with Gasteiger partial charge in [0.05, 0.1) is 12.2 Å². The van der Waals surface area contributed by atoms with Crippen molar-refractivity contribution in [2.45, 2.75) is 124 Å². The summed E-state index contributed by atoms with van der Waals surface area (Å²) in [6, 6.07) is 0. The Balaban J connectivity index is 3.73. The van der Waals surface area contributed by atoms with Gasteiger partial charge in [0.25, 0.3) is 0 Å². The van der Waals surface area contributed by atoms with Gasteiger partial charge < -0.3 is 14.9 Å². The van der Waals surface area contributed by atoms with Crippen LogP contribution in [0.3, 0.4) is 0 Å². The normalized spacial score (nSPS) is 16.6. The topological polar surface area (TPSA) is 49.7 Å². The Kier molecular flexibility index (Phi) is 19.7. The molecule has 4 unspecified atom stereocenters. The Bertz CT molecular complexity index is 254. The Hall–Kier alpha value is 1.34. The van der Waals surface area contributed by atoms with E-state index in [4.69, 9.17) is 4.74 Å². The SMILES string of the molecule is CCCCCCCCC(O)C(I)OC(I)C(O)CCCCCCCC. The van der Waals surface area contributed by atoms with Crippen LogP contribution in [0.1, 0.15) is 104 Å². The zero-order valence-corrected chi connectivity index (χ0v) is 20.6. The van der Waals surface area contributed by atoms with E-state index in [9.17, 15) is 10.2 Å². The standard InChI is InChI=1S/C20H40I2O3/c1-3-5-7-9-11-13-15-17(23)19(21)25-20(22)18(24)16-14-12-10-8-6-4-2/h17-20,23-24H,3-16H2,1-2H3. The summed E-state index contributed by atoms with van der Waals surface area (Å²) in [6.45, 7) is 4.45. The number of hydrogen-bond acceptors (Lipinski definition) is 3. The van der Waals surface area contributed by atoms with Crippen LogP contribution in [0.15, 0.2) is 0 Å². The van der Waals surface area contributed by atoms with Crippen molar-refractivity contribution in [3.05, 3.63) is 0 Å². The van der Waals surface area contributed by atoms with Crippen molar-refractivity contribution in [1.82, 2.24) is 0 Å². The van der Waals surface area contributed by atoms with Crippen LogP contribution < -0.4 is 0 Å². The minimum atomic E-state index is -0.440. The van der Waals surface area contributed by atoms with E-state index in [0.717, 1.165) is 25.7 Å². The summed E-state index contributed by atoms with van der Waals surface area (Å²) in [7, 11) is 0. The molecule has 4 atom stereocenters. The van der Waals surface area contributed by atoms with Gasteiger partial charge in [0.1, 0.15) is 8.22 Å². The minimum absolute atomic E-state index is 0.241. The second kappa shape index (κ2) is 18.7. The molecule has 0 aliphatic heterocycles. The van der Waals surface area contributed by atoms with Gasteiger partial charge in [0.2, 0.25) is 0 Å². The van der Waals surface area contributed by atoms with Gasteiger partial charge in [-0.05, 0) is 58.0 Å². The van der Waals surface area contributed by atoms with Crippen LogP contribution in [0, 0.1) is 0 Å². The summed E-state index contributed by atoms with van der Waals surface area (Å²) < 4.78 is 5.36. The number of aliphatic hydroxyl groups is 2. The molecule has 0 aromatic heterocycles. The predicted molar refractivity (Wildman–Crippen MR) is 125 cm³/mol. The second-order valence-electron chi connectivity index (χ2n) is 7.09. The summed E-state index contributed by atoms with van der Waals surface area (Å²) in [5, 5.41) is 20.5. The quantitative estimate of drug-likeness (QED) is 0.107. The van der Waals surface area contributed by atoms with Crippen molar-refractivity contribution in [3.63, 3.8) is 0 Å². The molecule has 2 N–H and O–H groups in total. The fourth-order valence-electron chi connectivity index (χ4n) is 2.84. The van der Waals surface area contributed by atoms with E-state index in [1.54, 1.807) is 0 Å². The highest BCUT2D eigenvalue weighted by atomic mass is 127. The van der Waals surface area contributed by atoms with Gasteiger partial charge in [0, 0.05) is 0 Å². The summed E-state index contributed by atoms with van der Waals surface area (Å²) in [5.41, 5.74) is 0. The maximum atomic E-state index is 10.2. The average molecular weight is 582 g/mol. The fraction of sp³-hybridized carbons (Fsp3) is 1.00. The molecule has 0 heterocycles. The van der Waals surface area contributed by atoms with Crippen LogP contribution in [-0.4, -0.2) is 30.6 Å². The molecule has 152 valence electrons. The number of aliphatic hydroxyl groups excluding tert-OH is 2. The Morgan fingerprint density at radius 2 is 0.920 bits per heavy atom. The van der Waals surface area contributed by atoms with Crippen LogP contribution in [0.4, 0.5) is 0 Å². The summed E-state index contributed by atoms with van der Waals surface area (Å²) in [6.07, 6.45) is 15.5. The van der Waals surface area contributed by atoms with Gasteiger partial charge in [-0.3, -0.25) is 0 Å². The van der Waals surface area contributed by atoms with Crippen molar-refractivity contribution in [2.24, 2.45) is 0 Å². The predicted octanol–water partition coefficient (Wildman–Crippen LogP) is 6.75. The van der Waals surface area contributed by atoms with Crippen LogP contribution >= 0.6 is 45.2 Å². The zero-order chi connectivity index (χ0) is 18.9. The molecule has 0 saturated carbocycles. The first-order chi connectivity index (χ1) is 12.0. The van der Waals surface area contributed by atoms with E-state index >= 15 is 0 Å². The fourth-order valence-corrected chi connectivity index (χ4v) is 4.75. The first-order valence-electron chi connectivity index (χ1n) is 10.3. The molecule has 0 aromatic carbocycles. The number of rotatable bonds is 18. The molecule has 0 aromatic rings. The molecule has 0 radical (unpaired) electrons. The highest BCUT2D eigenvalue weighted by molar-refractivity contribution is 14.1. The van der Waals surface area contributed by atoms with Crippen LogP contribution in [-0.2, 0) is 4.74 Å². The zero-order valence-electron chi connectivity index (χ0n) is 16.3. The van der Waals surface area contributed by atoms with Gasteiger partial charge >= 0.3 is 0 Å². The smallest absolute Gasteiger partial charge is 0.136 e. The minimum Gasteiger partial charge on any atom is -0.390 e. The van der Waals surface area contributed by atoms with Crippen molar-refractivity contribution < 1.29 is 14.9 Å². The molecular formula is C20H40I2O3. The maximum absolute atomic E-state index is 10.2. The molecule has 0 bridgehead atoms. The van der Waals surface area contributed by atoms with Crippen molar-refractivity contribution in [3.8, 4) is 0 Å². The summed E-state index contributed by atoms with van der Waals surface area (Å²) in [5.74, 6) is 0. The number of hydrogen-bond donors (Lipinski definition) is 2. The molecule has 0 rings (SSSR count). The molecule has 3 nitrogen and oxygen atoms in total. The lowest BCUT2D eigenvalue weighted by Crippen LogP contribution is -2.31. The molecule has 0 spiro atoms. The van der Waals surface area contributed by atoms with E-state index < -0.39 is 12.2 Å². The van der Waals surface area contributed by atoms with Gasteiger partial charge in [-0.1, -0.05) is 90.9 Å². The highest BCUT2D eigenvalue weighted by Gasteiger charge is 2.23. The number of ether oxygens (including phenoxy) is 1.